The molecule has 3 aliphatic rings. The Hall–Kier alpha value is -6.20. The largest absolute Gasteiger partial charge is 2.00 e. The van der Waals surface area contributed by atoms with Gasteiger partial charge in [0, 0.05) is 70.1 Å². The minimum Gasteiger partial charge on any atom is 2.00 e. The molecule has 372 valence electrons. The SMILES string of the molecule is Fc1c(F)c(F)c(C2c3ccc([n-]3)C(c3c(F)c(F)c(F)c(F)c3F)C3C=CC(N3)C(c3c(F)c(F)c(F)c(F)c3F)c3ccc([n-]3)C(c3c(F)c(F)c(F)c(F)c3F)C3C=CC2N3)c(F)c1F.[C-]#[O+].[Ru+2]. The van der Waals surface area contributed by atoms with Gasteiger partial charge in [0.25, 0.3) is 0 Å². The normalized spacial score (nSPS) is 22.4. The molecule has 9 rings (SSSR count). The van der Waals surface area contributed by atoms with Gasteiger partial charge in [-0.3, -0.25) is 0 Å². The maximum Gasteiger partial charge on any atom is 2.00 e. The summed E-state index contributed by atoms with van der Waals surface area (Å²) < 4.78 is 311. The van der Waals surface area contributed by atoms with Crippen molar-refractivity contribution in [2.24, 2.45) is 0 Å². The molecule has 2 aromatic heterocycles. The predicted molar refractivity (Wildman–Crippen MR) is 195 cm³/mol. The van der Waals surface area contributed by atoms with E-state index in [1.807, 2.05) is 0 Å². The first-order valence-corrected chi connectivity index (χ1v) is 19.5. The Bertz CT molecular complexity index is 2720. The molecule has 8 bridgehead atoms. The Morgan fingerprint density at radius 2 is 0.423 bits per heavy atom. The predicted octanol–water partition coefficient (Wildman–Crippen LogP) is 10.4. The fraction of sp³-hybridized carbons (Fsp3) is 0.178. The fourth-order valence-corrected chi connectivity index (χ4v) is 9.08. The molecule has 3 aliphatic heterocycles. The minimum absolute atomic E-state index is 0. The van der Waals surface area contributed by atoms with Crippen LogP contribution in [0.3, 0.4) is 0 Å². The number of benzene rings is 4. The molecule has 6 aromatic rings. The zero-order valence-corrected chi connectivity index (χ0v) is 35.7. The zero-order valence-electron chi connectivity index (χ0n) is 34.0. The van der Waals surface area contributed by atoms with Crippen molar-refractivity contribution in [1.29, 1.82) is 0 Å². The number of fused-ring (bicyclic) bond motifs is 8. The molecule has 8 atom stereocenters. The van der Waals surface area contributed by atoms with Crippen molar-refractivity contribution in [3.05, 3.63) is 217 Å². The summed E-state index contributed by atoms with van der Waals surface area (Å²) in [5.41, 5.74) is -10.2. The molecule has 71 heavy (non-hydrogen) atoms. The molecule has 5 nitrogen and oxygen atoms in total. The van der Waals surface area contributed by atoms with Gasteiger partial charge in [0.1, 0.15) is 0 Å². The van der Waals surface area contributed by atoms with Crippen LogP contribution in [0, 0.1) is 123 Å². The number of hydrogen-bond donors (Lipinski definition) is 2. The van der Waals surface area contributed by atoms with E-state index in [-0.39, 0.29) is 19.5 Å². The van der Waals surface area contributed by atoms with Crippen molar-refractivity contribution >= 4 is 0 Å². The molecule has 0 amide bonds. The quantitative estimate of drug-likeness (QED) is 0.0351. The summed E-state index contributed by atoms with van der Waals surface area (Å²) in [5.74, 6) is -60.8. The van der Waals surface area contributed by atoms with Crippen molar-refractivity contribution in [1.82, 2.24) is 20.6 Å². The molecular weight excluding hydrogens is 1090 g/mol. The van der Waals surface area contributed by atoms with E-state index < -0.39 is 209 Å². The van der Waals surface area contributed by atoms with Crippen LogP contribution in [0.2, 0.25) is 0 Å². The van der Waals surface area contributed by atoms with Crippen LogP contribution < -0.4 is 20.6 Å². The standard InChI is InChI=1S/C44H18F20N4.CO.Ru/c45-25-21(26(46)34(54)41(61)33(25)53)17-9-1-2-10(65-9)18(22-27(47)35(55)42(62)36(56)28(22)48)12-5-6-14(67-12)20(24-31(51)39(59)44(64)40(60)32(24)52)16-8-7-15(68-16)19(13-4-3-11(17)66-13)23-29(49)37(57)43(63)38(58)30(23)50;1-2;/h1-10,15-20,65,68H;;/q-2;;+2. The van der Waals surface area contributed by atoms with Gasteiger partial charge in [-0.1, -0.05) is 48.6 Å². The van der Waals surface area contributed by atoms with Gasteiger partial charge in [-0.05, 0) is 0 Å². The Labute approximate surface area is 396 Å². The first-order valence-electron chi connectivity index (χ1n) is 19.5. The average molecular weight is 1110 g/mol. The van der Waals surface area contributed by atoms with Crippen molar-refractivity contribution in [3.8, 4) is 0 Å². The molecule has 2 N–H and O–H groups in total. The molecule has 0 radical (unpaired) electrons. The van der Waals surface area contributed by atoms with Gasteiger partial charge >= 0.3 is 30.8 Å². The van der Waals surface area contributed by atoms with Crippen LogP contribution in [0.5, 0.6) is 0 Å². The van der Waals surface area contributed by atoms with E-state index >= 15 is 35.1 Å². The maximum atomic E-state index is 15.8. The molecule has 0 fully saturated rings. The summed E-state index contributed by atoms with van der Waals surface area (Å²) in [7, 11) is 0. The third-order valence-electron chi connectivity index (χ3n) is 12.1. The van der Waals surface area contributed by atoms with Gasteiger partial charge in [-0.25, -0.2) is 87.8 Å². The third-order valence-corrected chi connectivity index (χ3v) is 12.1. The van der Waals surface area contributed by atoms with Gasteiger partial charge < -0.3 is 20.6 Å². The summed E-state index contributed by atoms with van der Waals surface area (Å²) in [6, 6.07) is -4.99. The number of nitrogens with one attached hydrogen (secondary N) is 2. The van der Waals surface area contributed by atoms with Gasteiger partial charge in [-0.15, -0.1) is 0 Å². The first kappa shape index (κ1) is 52.6. The molecule has 8 unspecified atom stereocenters. The van der Waals surface area contributed by atoms with E-state index in [1.54, 1.807) is 0 Å². The Morgan fingerprint density at radius 1 is 0.282 bits per heavy atom. The number of hydrogen-bond acceptors (Lipinski definition) is 2. The second-order valence-electron chi connectivity index (χ2n) is 15.6. The van der Waals surface area contributed by atoms with Gasteiger partial charge in [0.2, 0.25) is 23.3 Å². The van der Waals surface area contributed by atoms with Gasteiger partial charge in [-0.2, -0.15) is 22.8 Å². The van der Waals surface area contributed by atoms with E-state index in [0.29, 0.717) is 0 Å². The number of halogens is 20. The van der Waals surface area contributed by atoms with Crippen LogP contribution in [0.15, 0.2) is 48.6 Å². The fourth-order valence-electron chi connectivity index (χ4n) is 9.08. The monoisotopic (exact) mass is 1110 g/mol. The molecule has 0 aliphatic carbocycles. The van der Waals surface area contributed by atoms with Crippen molar-refractivity contribution in [3.63, 3.8) is 0 Å². The number of nitrogens with zero attached hydrogens (tertiary/aromatic N) is 2. The van der Waals surface area contributed by atoms with E-state index in [0.717, 1.165) is 48.6 Å². The first-order chi connectivity index (χ1) is 33.1. The second-order valence-corrected chi connectivity index (χ2v) is 15.6. The molecular formula is C45H18F20N4ORu. The van der Waals surface area contributed by atoms with Crippen LogP contribution >= 0.6 is 0 Å². The Kier molecular flexibility index (Phi) is 14.4. The van der Waals surface area contributed by atoms with Gasteiger partial charge in [0.05, 0.1) is 0 Å². The molecule has 4 aromatic carbocycles. The second kappa shape index (κ2) is 19.4. The van der Waals surface area contributed by atoms with Crippen LogP contribution in [0.4, 0.5) is 87.8 Å². The van der Waals surface area contributed by atoms with Crippen LogP contribution in [-0.2, 0) is 24.1 Å². The molecule has 26 heteroatoms. The van der Waals surface area contributed by atoms with E-state index in [1.165, 1.54) is 0 Å². The van der Waals surface area contributed by atoms with E-state index in [2.05, 4.69) is 27.3 Å². The molecule has 5 heterocycles. The smallest absolute Gasteiger partial charge is 2.00 e. The summed E-state index contributed by atoms with van der Waals surface area (Å²) in [6.45, 7) is 4.50. The number of rotatable bonds is 4. The Balaban J connectivity index is 0.00000244. The van der Waals surface area contributed by atoms with E-state index in [9.17, 15) is 52.7 Å². The molecule has 0 saturated carbocycles. The van der Waals surface area contributed by atoms with Gasteiger partial charge in [0.15, 0.2) is 93.1 Å². The van der Waals surface area contributed by atoms with Crippen LogP contribution in [0.25, 0.3) is 0 Å². The number of aromatic nitrogens is 2. The van der Waals surface area contributed by atoms with E-state index in [4.69, 9.17) is 4.65 Å². The minimum atomic E-state index is -2.67. The van der Waals surface area contributed by atoms with Crippen molar-refractivity contribution in [2.45, 2.75) is 47.8 Å². The summed E-state index contributed by atoms with van der Waals surface area (Å²) in [5, 5.41) is 4.99. The third kappa shape index (κ3) is 8.07. The average Bonchev–Trinajstić information content (AvgIpc) is 4.21. The summed E-state index contributed by atoms with van der Waals surface area (Å²) in [4.78, 5) is 8.16. The molecule has 0 spiro atoms. The van der Waals surface area contributed by atoms with Crippen LogP contribution in [-0.4, -0.2) is 24.2 Å². The van der Waals surface area contributed by atoms with Crippen LogP contribution in [0.1, 0.15) is 68.7 Å². The Morgan fingerprint density at radius 3 is 0.577 bits per heavy atom. The summed E-state index contributed by atoms with van der Waals surface area (Å²) in [6.07, 6.45) is 3.31. The van der Waals surface area contributed by atoms with Crippen molar-refractivity contribution in [2.75, 3.05) is 0 Å². The topological polar surface area (TPSA) is 72.2 Å². The summed E-state index contributed by atoms with van der Waals surface area (Å²) >= 11 is 0. The maximum absolute atomic E-state index is 15.8. The van der Waals surface area contributed by atoms with Crippen molar-refractivity contribution < 1.29 is 112 Å². The molecule has 0 saturated heterocycles. The zero-order chi connectivity index (χ0) is 51.3.